The first-order valence-corrected chi connectivity index (χ1v) is 6.66. The summed E-state index contributed by atoms with van der Waals surface area (Å²) in [4.78, 5) is 7.45. The zero-order valence-corrected chi connectivity index (χ0v) is 10.8. The highest BCUT2D eigenvalue weighted by molar-refractivity contribution is 4.95. The van der Waals surface area contributed by atoms with E-state index >= 15 is 0 Å². The second-order valence-corrected chi connectivity index (χ2v) is 4.87. The number of nitrogens with zero attached hydrogens (tertiary/aromatic N) is 1. The van der Waals surface area contributed by atoms with Crippen molar-refractivity contribution < 1.29 is 4.74 Å². The fourth-order valence-electron chi connectivity index (χ4n) is 2.50. The summed E-state index contributed by atoms with van der Waals surface area (Å²) in [6.45, 7) is 5.25. The molecule has 3 unspecified atom stereocenters. The fourth-order valence-corrected chi connectivity index (χ4v) is 2.50. The summed E-state index contributed by atoms with van der Waals surface area (Å²) in [6.07, 6.45) is 8.72. The second kappa shape index (κ2) is 6.17. The van der Waals surface area contributed by atoms with Gasteiger partial charge in [-0.1, -0.05) is 13.3 Å². The molecule has 2 N–H and O–H groups in total. The monoisotopic (exact) mass is 237 g/mol. The number of ether oxygens (including phenoxy) is 1. The number of aromatic nitrogens is 2. The molecule has 0 aromatic carbocycles. The molecule has 1 aromatic rings. The Balaban J connectivity index is 1.82. The van der Waals surface area contributed by atoms with Crippen LogP contribution in [0.2, 0.25) is 0 Å². The van der Waals surface area contributed by atoms with Crippen molar-refractivity contribution >= 4 is 0 Å². The SMILES string of the molecule is CCCC1CC(NC(C)c2ncc[nH]2)CCO1. The first-order valence-electron chi connectivity index (χ1n) is 6.66. The average molecular weight is 237 g/mol. The molecule has 0 spiro atoms. The van der Waals surface area contributed by atoms with E-state index in [1.165, 1.54) is 12.8 Å². The fraction of sp³-hybridized carbons (Fsp3) is 0.769. The second-order valence-electron chi connectivity index (χ2n) is 4.87. The van der Waals surface area contributed by atoms with E-state index in [0.29, 0.717) is 12.1 Å². The third kappa shape index (κ3) is 3.54. The largest absolute Gasteiger partial charge is 0.378 e. The van der Waals surface area contributed by atoms with Crippen LogP contribution in [0.25, 0.3) is 0 Å². The minimum absolute atomic E-state index is 0.287. The molecule has 0 aliphatic carbocycles. The maximum atomic E-state index is 5.76. The van der Waals surface area contributed by atoms with Gasteiger partial charge in [-0.25, -0.2) is 4.98 Å². The molecule has 0 saturated carbocycles. The Hall–Kier alpha value is -0.870. The lowest BCUT2D eigenvalue weighted by Gasteiger charge is -2.31. The Bertz CT molecular complexity index is 310. The van der Waals surface area contributed by atoms with Crippen LogP contribution in [0.3, 0.4) is 0 Å². The van der Waals surface area contributed by atoms with Crippen molar-refractivity contribution in [1.29, 1.82) is 0 Å². The molecule has 1 aromatic heterocycles. The minimum Gasteiger partial charge on any atom is -0.378 e. The van der Waals surface area contributed by atoms with Gasteiger partial charge >= 0.3 is 0 Å². The van der Waals surface area contributed by atoms with E-state index in [9.17, 15) is 0 Å². The van der Waals surface area contributed by atoms with Crippen LogP contribution in [0.5, 0.6) is 0 Å². The third-order valence-corrected chi connectivity index (χ3v) is 3.39. The number of rotatable bonds is 5. The van der Waals surface area contributed by atoms with E-state index in [1.54, 1.807) is 6.20 Å². The molecule has 2 rings (SSSR count). The van der Waals surface area contributed by atoms with Crippen molar-refractivity contribution in [2.24, 2.45) is 0 Å². The molecule has 96 valence electrons. The summed E-state index contributed by atoms with van der Waals surface area (Å²) in [5.74, 6) is 1.02. The van der Waals surface area contributed by atoms with Gasteiger partial charge in [0.05, 0.1) is 12.1 Å². The van der Waals surface area contributed by atoms with Crippen LogP contribution in [0.1, 0.15) is 51.4 Å². The molecule has 17 heavy (non-hydrogen) atoms. The Morgan fingerprint density at radius 2 is 2.53 bits per heavy atom. The van der Waals surface area contributed by atoms with E-state index in [1.807, 2.05) is 6.20 Å². The Morgan fingerprint density at radius 1 is 1.65 bits per heavy atom. The Morgan fingerprint density at radius 3 is 3.24 bits per heavy atom. The lowest BCUT2D eigenvalue weighted by Crippen LogP contribution is -2.40. The summed E-state index contributed by atoms with van der Waals surface area (Å²) in [5.41, 5.74) is 0. The zero-order valence-electron chi connectivity index (χ0n) is 10.8. The molecule has 4 heteroatoms. The zero-order chi connectivity index (χ0) is 12.1. The van der Waals surface area contributed by atoms with Crippen LogP contribution >= 0.6 is 0 Å². The lowest BCUT2D eigenvalue weighted by atomic mass is 9.99. The van der Waals surface area contributed by atoms with E-state index in [2.05, 4.69) is 29.1 Å². The molecule has 1 aliphatic heterocycles. The van der Waals surface area contributed by atoms with Crippen LogP contribution in [0.4, 0.5) is 0 Å². The summed E-state index contributed by atoms with van der Waals surface area (Å²) in [7, 11) is 0. The molecule has 1 saturated heterocycles. The van der Waals surface area contributed by atoms with Gasteiger partial charge in [-0.3, -0.25) is 0 Å². The van der Waals surface area contributed by atoms with Gasteiger partial charge in [-0.05, 0) is 26.2 Å². The summed E-state index contributed by atoms with van der Waals surface area (Å²) in [5, 5.41) is 3.64. The quantitative estimate of drug-likeness (QED) is 0.827. The van der Waals surface area contributed by atoms with Crippen molar-refractivity contribution in [1.82, 2.24) is 15.3 Å². The normalized spacial score (nSPS) is 26.9. The summed E-state index contributed by atoms with van der Waals surface area (Å²) < 4.78 is 5.76. The summed E-state index contributed by atoms with van der Waals surface area (Å²) >= 11 is 0. The van der Waals surface area contributed by atoms with E-state index in [0.717, 1.165) is 25.3 Å². The molecule has 4 nitrogen and oxygen atoms in total. The standard InChI is InChI=1S/C13H23N3O/c1-3-4-12-9-11(5-8-17-12)16-10(2)13-14-6-7-15-13/h6-7,10-12,16H,3-5,8-9H2,1-2H3,(H,14,15). The third-order valence-electron chi connectivity index (χ3n) is 3.39. The first-order chi connectivity index (χ1) is 8.29. The van der Waals surface area contributed by atoms with Gasteiger partial charge in [-0.2, -0.15) is 0 Å². The van der Waals surface area contributed by atoms with Crippen LogP contribution in [-0.2, 0) is 4.74 Å². The van der Waals surface area contributed by atoms with Gasteiger partial charge in [0.15, 0.2) is 0 Å². The highest BCUT2D eigenvalue weighted by Crippen LogP contribution is 2.20. The first kappa shape index (κ1) is 12.6. The van der Waals surface area contributed by atoms with E-state index in [-0.39, 0.29) is 6.04 Å². The number of nitrogens with one attached hydrogen (secondary N) is 2. The van der Waals surface area contributed by atoms with Crippen molar-refractivity contribution in [3.63, 3.8) is 0 Å². The molecule has 1 fully saturated rings. The van der Waals surface area contributed by atoms with Crippen molar-refractivity contribution in [2.75, 3.05) is 6.61 Å². The average Bonchev–Trinajstić information content (AvgIpc) is 2.83. The molecule has 3 atom stereocenters. The van der Waals surface area contributed by atoms with Crippen molar-refractivity contribution in [3.8, 4) is 0 Å². The number of H-pyrrole nitrogens is 1. The number of aromatic amines is 1. The van der Waals surface area contributed by atoms with Crippen LogP contribution in [-0.4, -0.2) is 28.7 Å². The molecule has 1 aliphatic rings. The van der Waals surface area contributed by atoms with Gasteiger partial charge < -0.3 is 15.0 Å². The van der Waals surface area contributed by atoms with Gasteiger partial charge in [0.2, 0.25) is 0 Å². The highest BCUT2D eigenvalue weighted by atomic mass is 16.5. The Labute approximate surface area is 103 Å². The summed E-state index contributed by atoms with van der Waals surface area (Å²) in [6, 6.07) is 0.843. The molecule has 0 bridgehead atoms. The van der Waals surface area contributed by atoms with Gasteiger partial charge in [-0.15, -0.1) is 0 Å². The van der Waals surface area contributed by atoms with Gasteiger partial charge in [0.1, 0.15) is 5.82 Å². The Kier molecular flexibility index (Phi) is 4.57. The maximum Gasteiger partial charge on any atom is 0.122 e. The van der Waals surface area contributed by atoms with Crippen LogP contribution in [0.15, 0.2) is 12.4 Å². The van der Waals surface area contributed by atoms with Gasteiger partial charge in [0.25, 0.3) is 0 Å². The molecular weight excluding hydrogens is 214 g/mol. The predicted molar refractivity (Wildman–Crippen MR) is 67.8 cm³/mol. The number of hydrogen-bond donors (Lipinski definition) is 2. The van der Waals surface area contributed by atoms with Crippen LogP contribution < -0.4 is 5.32 Å². The van der Waals surface area contributed by atoms with Gasteiger partial charge in [0, 0.05) is 25.0 Å². The van der Waals surface area contributed by atoms with Crippen LogP contribution in [0, 0.1) is 0 Å². The molecule has 0 amide bonds. The smallest absolute Gasteiger partial charge is 0.122 e. The molecule has 0 radical (unpaired) electrons. The lowest BCUT2D eigenvalue weighted by molar-refractivity contribution is -0.00486. The molecular formula is C13H23N3O. The number of imidazole rings is 1. The van der Waals surface area contributed by atoms with Crippen molar-refractivity contribution in [3.05, 3.63) is 18.2 Å². The highest BCUT2D eigenvalue weighted by Gasteiger charge is 2.23. The maximum absolute atomic E-state index is 5.76. The van der Waals surface area contributed by atoms with Crippen molar-refractivity contribution in [2.45, 2.75) is 57.7 Å². The topological polar surface area (TPSA) is 49.9 Å². The minimum atomic E-state index is 0.287. The predicted octanol–water partition coefficient (Wildman–Crippen LogP) is 2.41. The molecule has 2 heterocycles. The van der Waals surface area contributed by atoms with E-state index < -0.39 is 0 Å². The number of hydrogen-bond acceptors (Lipinski definition) is 3. The van der Waals surface area contributed by atoms with E-state index in [4.69, 9.17) is 4.74 Å².